The Bertz CT molecular complexity index is 1090. The van der Waals surface area contributed by atoms with Gasteiger partial charge in [0, 0.05) is 59.3 Å². The first-order valence-corrected chi connectivity index (χ1v) is 10.4. The first kappa shape index (κ1) is 18.8. The number of rotatable bonds is 7. The van der Waals surface area contributed by atoms with Crippen molar-refractivity contribution in [3.63, 3.8) is 0 Å². The molecule has 3 aromatic rings. The van der Waals surface area contributed by atoms with Crippen molar-refractivity contribution in [1.82, 2.24) is 20.2 Å². The van der Waals surface area contributed by atoms with E-state index in [0.717, 1.165) is 49.9 Å². The van der Waals surface area contributed by atoms with Crippen molar-refractivity contribution in [2.45, 2.75) is 25.9 Å². The first-order valence-electron chi connectivity index (χ1n) is 11.4. The summed E-state index contributed by atoms with van der Waals surface area (Å²) in [7, 11) is 0. The van der Waals surface area contributed by atoms with Crippen molar-refractivity contribution < 1.29 is 11.5 Å². The molecule has 0 amide bonds. The maximum atomic E-state index is 13.5. The summed E-state index contributed by atoms with van der Waals surface area (Å²) in [4.78, 5) is 11.1. The molecule has 2 N–H and O–H groups in total. The van der Waals surface area contributed by atoms with Gasteiger partial charge in [-0.2, -0.15) is 0 Å². The highest BCUT2D eigenvalue weighted by Crippen LogP contribution is 2.21. The van der Waals surface area contributed by atoms with E-state index in [1.54, 1.807) is 12.3 Å². The maximum Gasteiger partial charge on any atom is 0.223 e. The van der Waals surface area contributed by atoms with E-state index in [4.69, 9.17) is 2.74 Å². The average molecular weight is 426 g/mol. The zero-order valence-corrected chi connectivity index (χ0v) is 17.4. The Morgan fingerprint density at radius 3 is 2.81 bits per heavy atom. The second-order valence-electron chi connectivity index (χ2n) is 7.68. The fourth-order valence-corrected chi connectivity index (χ4v) is 3.67. The van der Waals surface area contributed by atoms with Gasteiger partial charge in [0.2, 0.25) is 5.95 Å². The van der Waals surface area contributed by atoms with Gasteiger partial charge in [-0.25, -0.2) is 18.7 Å². The molecule has 1 aromatic heterocycles. The fourth-order valence-electron chi connectivity index (χ4n) is 3.67. The van der Waals surface area contributed by atoms with Gasteiger partial charge in [0.15, 0.2) is 0 Å². The molecule has 1 aliphatic heterocycles. The van der Waals surface area contributed by atoms with Gasteiger partial charge in [-0.15, -0.1) is 0 Å². The van der Waals surface area contributed by atoms with Crippen LogP contribution in [0.1, 0.15) is 20.8 Å². The van der Waals surface area contributed by atoms with E-state index in [0.29, 0.717) is 11.7 Å². The summed E-state index contributed by atoms with van der Waals surface area (Å²) in [5.74, 6) is -1.39. The van der Waals surface area contributed by atoms with Gasteiger partial charge in [0.05, 0.1) is 5.69 Å². The van der Waals surface area contributed by atoms with Gasteiger partial charge in [-0.3, -0.25) is 4.90 Å². The number of aromatic nitrogens is 2. The minimum atomic E-state index is -2.01. The Labute approximate surface area is 184 Å². The Balaban J connectivity index is 1.46. The highest BCUT2D eigenvalue weighted by atomic mass is 19.1. The van der Waals surface area contributed by atoms with Crippen molar-refractivity contribution in [2.75, 3.05) is 31.5 Å². The highest BCUT2D eigenvalue weighted by molar-refractivity contribution is 5.61. The number of hydrogen-bond acceptors (Lipinski definition) is 5. The van der Waals surface area contributed by atoms with Crippen LogP contribution in [-0.2, 0) is 12.9 Å². The first-order chi connectivity index (χ1) is 15.8. The van der Waals surface area contributed by atoms with Crippen molar-refractivity contribution >= 4 is 5.95 Å². The molecule has 2 aromatic carbocycles. The van der Waals surface area contributed by atoms with E-state index in [1.807, 2.05) is 12.1 Å². The molecule has 5 nitrogen and oxygen atoms in total. The number of benzene rings is 2. The number of anilines is 1. The van der Waals surface area contributed by atoms with Gasteiger partial charge >= 0.3 is 0 Å². The van der Waals surface area contributed by atoms with Crippen LogP contribution in [0.2, 0.25) is 0 Å². The largest absolute Gasteiger partial charge is 0.354 e. The second kappa shape index (κ2) is 9.94. The summed E-state index contributed by atoms with van der Waals surface area (Å²) in [6, 6.07) is 13.2. The Morgan fingerprint density at radius 2 is 2.00 bits per heavy atom. The molecule has 31 heavy (non-hydrogen) atoms. The van der Waals surface area contributed by atoms with Crippen molar-refractivity contribution in [2.24, 2.45) is 0 Å². The van der Waals surface area contributed by atoms with Crippen molar-refractivity contribution in [1.29, 1.82) is 0 Å². The monoisotopic (exact) mass is 425 g/mol. The normalized spacial score (nSPS) is 18.4. The number of hydrogen-bond donors (Lipinski definition) is 2. The predicted octanol–water partition coefficient (Wildman–Crippen LogP) is 3.87. The van der Waals surface area contributed by atoms with Crippen LogP contribution in [0, 0.1) is 11.6 Å². The Hall–Kier alpha value is -2.90. The lowest BCUT2D eigenvalue weighted by Crippen LogP contribution is -2.49. The van der Waals surface area contributed by atoms with Crippen LogP contribution in [0.15, 0.2) is 54.7 Å². The standard InChI is InChI=1S/C24H27F2N5/c1-17-15-27-9-10-31(17)16-19-3-2-4-20(11-19)23-6-8-29-24(30-23)28-7-5-18-12-21(25)14-22(26)13-18/h2-4,6,8,11-14,17,27H,5,7,9-10,15-16H2,1H3,(H,28,29,30)/t17-/m0/s1/i5D2. The van der Waals surface area contributed by atoms with Crippen molar-refractivity contribution in [3.8, 4) is 11.3 Å². The summed E-state index contributed by atoms with van der Waals surface area (Å²) >= 11 is 0. The van der Waals surface area contributed by atoms with Gasteiger partial charge in [-0.1, -0.05) is 18.2 Å². The van der Waals surface area contributed by atoms with Gasteiger partial charge in [0.1, 0.15) is 11.6 Å². The molecule has 162 valence electrons. The van der Waals surface area contributed by atoms with Crippen LogP contribution in [0.5, 0.6) is 0 Å². The van der Waals surface area contributed by atoms with E-state index in [-0.39, 0.29) is 18.1 Å². The second-order valence-corrected chi connectivity index (χ2v) is 7.68. The number of piperazine rings is 1. The van der Waals surface area contributed by atoms with Crippen LogP contribution in [0.3, 0.4) is 0 Å². The highest BCUT2D eigenvalue weighted by Gasteiger charge is 2.18. The summed E-state index contributed by atoms with van der Waals surface area (Å²) in [5.41, 5.74) is 2.76. The smallest absolute Gasteiger partial charge is 0.223 e. The van der Waals surface area contributed by atoms with Gasteiger partial charge in [0.25, 0.3) is 0 Å². The lowest BCUT2D eigenvalue weighted by atomic mass is 10.1. The number of nitrogens with one attached hydrogen (secondary N) is 2. The molecule has 0 aliphatic carbocycles. The molecular weight excluding hydrogens is 396 g/mol. The molecule has 0 radical (unpaired) electrons. The van der Waals surface area contributed by atoms with Crippen LogP contribution in [0.4, 0.5) is 14.7 Å². The van der Waals surface area contributed by atoms with Crippen molar-refractivity contribution in [3.05, 3.63) is 77.5 Å². The third kappa shape index (κ3) is 5.83. The summed E-state index contributed by atoms with van der Waals surface area (Å²) in [6.45, 7) is 5.81. The Morgan fingerprint density at radius 1 is 1.16 bits per heavy atom. The predicted molar refractivity (Wildman–Crippen MR) is 119 cm³/mol. The Kier molecular flexibility index (Phi) is 6.04. The summed E-state index contributed by atoms with van der Waals surface area (Å²) < 4.78 is 43.4. The minimum absolute atomic E-state index is 0.0847. The number of halogens is 2. The van der Waals surface area contributed by atoms with E-state index >= 15 is 0 Å². The summed E-state index contributed by atoms with van der Waals surface area (Å²) in [6.07, 6.45) is -0.407. The fraction of sp³-hybridized carbons (Fsp3) is 0.333. The quantitative estimate of drug-likeness (QED) is 0.602. The third-order valence-corrected chi connectivity index (χ3v) is 5.30. The third-order valence-electron chi connectivity index (χ3n) is 5.30. The van der Waals surface area contributed by atoms with Gasteiger partial charge in [-0.05, 0) is 48.7 Å². The molecule has 0 unspecified atom stereocenters. The topological polar surface area (TPSA) is 53.1 Å². The molecule has 1 aliphatic rings. The van der Waals surface area contributed by atoms with Gasteiger partial charge < -0.3 is 10.6 Å². The van der Waals surface area contributed by atoms with E-state index in [9.17, 15) is 8.78 Å². The summed E-state index contributed by atoms with van der Waals surface area (Å²) in [5, 5.41) is 6.26. The zero-order valence-electron chi connectivity index (χ0n) is 19.4. The molecule has 0 spiro atoms. The minimum Gasteiger partial charge on any atom is -0.354 e. The molecular formula is C24H27F2N5. The van der Waals surface area contributed by atoms with Crippen LogP contribution in [0.25, 0.3) is 11.3 Å². The van der Waals surface area contributed by atoms with Crippen LogP contribution >= 0.6 is 0 Å². The molecule has 7 heteroatoms. The molecule has 0 bridgehead atoms. The number of nitrogens with zero attached hydrogens (tertiary/aromatic N) is 3. The molecule has 0 saturated carbocycles. The van der Waals surface area contributed by atoms with Crippen LogP contribution < -0.4 is 10.6 Å². The average Bonchev–Trinajstić information content (AvgIpc) is 2.79. The van der Waals surface area contributed by atoms with E-state index in [2.05, 4.69) is 44.6 Å². The van der Waals surface area contributed by atoms with E-state index in [1.165, 1.54) is 5.56 Å². The zero-order chi connectivity index (χ0) is 23.4. The molecule has 1 atom stereocenters. The lowest BCUT2D eigenvalue weighted by Gasteiger charge is -2.33. The van der Waals surface area contributed by atoms with E-state index < -0.39 is 18.0 Å². The maximum absolute atomic E-state index is 13.5. The molecule has 1 saturated heterocycles. The SMILES string of the molecule is [2H]C([2H])(CNc1nccc(-c2cccc(CN3CCNC[C@@H]3C)c2)n1)c1cc(F)cc(F)c1. The molecule has 4 rings (SSSR count). The van der Waals surface area contributed by atoms with Crippen LogP contribution in [-0.4, -0.2) is 47.1 Å². The molecule has 2 heterocycles. The lowest BCUT2D eigenvalue weighted by molar-refractivity contribution is 0.165. The molecule has 1 fully saturated rings.